The molecule has 0 fully saturated rings. The van der Waals surface area contributed by atoms with Crippen molar-refractivity contribution in [1.29, 1.82) is 0 Å². The molecule has 0 saturated carbocycles. The summed E-state index contributed by atoms with van der Waals surface area (Å²) in [6.07, 6.45) is 3.07. The molecule has 3 aromatic rings. The molecule has 0 aliphatic carbocycles. The van der Waals surface area contributed by atoms with E-state index in [1.165, 1.54) is 17.0 Å². The zero-order chi connectivity index (χ0) is 17.6. The van der Waals surface area contributed by atoms with Crippen LogP contribution >= 0.6 is 0 Å². The molecule has 0 spiro atoms. The van der Waals surface area contributed by atoms with Crippen molar-refractivity contribution in [1.82, 2.24) is 19.9 Å². The van der Waals surface area contributed by atoms with Crippen LogP contribution in [-0.2, 0) is 17.9 Å². The number of benzene rings is 1. The molecular weight excluding hydrogens is 316 g/mol. The Labute approximate surface area is 145 Å². The molecule has 0 unspecified atom stereocenters. The van der Waals surface area contributed by atoms with E-state index in [4.69, 9.17) is 0 Å². The topological polar surface area (TPSA) is 76.9 Å². The largest absolute Gasteiger partial charge is 0.349 e. The molecule has 25 heavy (non-hydrogen) atoms. The third-order valence-corrected chi connectivity index (χ3v) is 3.73. The molecule has 0 radical (unpaired) electrons. The second-order valence-corrected chi connectivity index (χ2v) is 5.70. The van der Waals surface area contributed by atoms with E-state index < -0.39 is 0 Å². The molecular formula is C19H18N4O2. The Morgan fingerprint density at radius 2 is 1.92 bits per heavy atom. The van der Waals surface area contributed by atoms with Crippen LogP contribution in [0.15, 0.2) is 65.8 Å². The van der Waals surface area contributed by atoms with Gasteiger partial charge in [0.1, 0.15) is 6.54 Å². The van der Waals surface area contributed by atoms with Crippen LogP contribution in [0.1, 0.15) is 11.3 Å². The number of carbonyl (C=O) groups is 1. The van der Waals surface area contributed by atoms with E-state index in [1.54, 1.807) is 6.20 Å². The summed E-state index contributed by atoms with van der Waals surface area (Å²) in [5.41, 5.74) is 3.10. The van der Waals surface area contributed by atoms with Crippen LogP contribution in [0.25, 0.3) is 11.3 Å². The molecule has 1 aromatic carbocycles. The zero-order valence-corrected chi connectivity index (χ0v) is 13.8. The quantitative estimate of drug-likeness (QED) is 0.773. The van der Waals surface area contributed by atoms with Gasteiger partial charge in [-0.25, -0.2) is 4.98 Å². The number of aromatic nitrogens is 3. The minimum atomic E-state index is -0.266. The summed E-state index contributed by atoms with van der Waals surface area (Å²) in [7, 11) is 0. The van der Waals surface area contributed by atoms with Gasteiger partial charge in [0.15, 0.2) is 0 Å². The van der Waals surface area contributed by atoms with Gasteiger partial charge in [-0.2, -0.15) is 0 Å². The Morgan fingerprint density at radius 3 is 2.60 bits per heavy atom. The molecule has 3 rings (SSSR count). The van der Waals surface area contributed by atoms with Crippen LogP contribution in [0.4, 0.5) is 0 Å². The molecule has 0 aliphatic rings. The molecule has 0 atom stereocenters. The summed E-state index contributed by atoms with van der Waals surface area (Å²) < 4.78 is 1.28. The maximum atomic E-state index is 12.2. The van der Waals surface area contributed by atoms with Crippen molar-refractivity contribution in [3.63, 3.8) is 0 Å². The Balaban J connectivity index is 1.66. The van der Waals surface area contributed by atoms with E-state index in [2.05, 4.69) is 15.3 Å². The van der Waals surface area contributed by atoms with Crippen molar-refractivity contribution in [3.05, 3.63) is 82.7 Å². The molecule has 6 nitrogen and oxygen atoms in total. The number of pyridine rings is 1. The highest BCUT2D eigenvalue weighted by molar-refractivity contribution is 5.75. The molecule has 1 amide bonds. The molecule has 1 N–H and O–H groups in total. The second kappa shape index (κ2) is 7.53. The highest BCUT2D eigenvalue weighted by atomic mass is 16.2. The van der Waals surface area contributed by atoms with Gasteiger partial charge < -0.3 is 5.32 Å². The summed E-state index contributed by atoms with van der Waals surface area (Å²) in [6, 6.07) is 14.7. The van der Waals surface area contributed by atoms with Gasteiger partial charge in [-0.3, -0.25) is 19.1 Å². The van der Waals surface area contributed by atoms with E-state index in [9.17, 15) is 9.59 Å². The first-order chi connectivity index (χ1) is 12.1. The number of nitrogens with one attached hydrogen (secondary N) is 1. The van der Waals surface area contributed by atoms with E-state index in [0.717, 1.165) is 16.8 Å². The van der Waals surface area contributed by atoms with Crippen molar-refractivity contribution in [2.45, 2.75) is 20.0 Å². The smallest absolute Gasteiger partial charge is 0.254 e. The zero-order valence-electron chi connectivity index (χ0n) is 13.8. The van der Waals surface area contributed by atoms with Crippen molar-refractivity contribution < 1.29 is 4.79 Å². The van der Waals surface area contributed by atoms with Gasteiger partial charge in [0.25, 0.3) is 5.56 Å². The van der Waals surface area contributed by atoms with Crippen molar-refractivity contribution in [2.75, 3.05) is 0 Å². The average molecular weight is 334 g/mol. The number of hydrogen-bond acceptors (Lipinski definition) is 4. The lowest BCUT2D eigenvalue weighted by molar-refractivity contribution is -0.121. The molecule has 0 bridgehead atoms. The highest BCUT2D eigenvalue weighted by Crippen LogP contribution is 2.15. The number of rotatable bonds is 5. The van der Waals surface area contributed by atoms with Gasteiger partial charge in [-0.1, -0.05) is 35.9 Å². The number of aryl methyl sites for hydroxylation is 1. The van der Waals surface area contributed by atoms with Crippen LogP contribution in [0.5, 0.6) is 0 Å². The molecule has 0 aliphatic heterocycles. The number of hydrogen-bond donors (Lipinski definition) is 1. The Hall–Kier alpha value is -3.28. The first kappa shape index (κ1) is 16.6. The first-order valence-electron chi connectivity index (χ1n) is 7.92. The van der Waals surface area contributed by atoms with E-state index >= 15 is 0 Å². The Bertz CT molecular complexity index is 918. The van der Waals surface area contributed by atoms with Crippen molar-refractivity contribution >= 4 is 5.91 Å². The van der Waals surface area contributed by atoms with Gasteiger partial charge in [0, 0.05) is 17.8 Å². The Kier molecular flexibility index (Phi) is 4.99. The van der Waals surface area contributed by atoms with Crippen molar-refractivity contribution in [3.8, 4) is 11.3 Å². The predicted molar refractivity (Wildman–Crippen MR) is 94.8 cm³/mol. The van der Waals surface area contributed by atoms with Crippen LogP contribution < -0.4 is 10.9 Å². The van der Waals surface area contributed by atoms with Crippen LogP contribution in [-0.4, -0.2) is 20.4 Å². The predicted octanol–water partition coefficient (Wildman–Crippen LogP) is 1.93. The summed E-state index contributed by atoms with van der Waals surface area (Å²) in [4.78, 5) is 32.6. The van der Waals surface area contributed by atoms with Crippen molar-refractivity contribution in [2.24, 2.45) is 0 Å². The first-order valence-corrected chi connectivity index (χ1v) is 7.92. The Morgan fingerprint density at radius 1 is 1.12 bits per heavy atom. The molecule has 2 heterocycles. The van der Waals surface area contributed by atoms with Crippen LogP contribution in [0.3, 0.4) is 0 Å². The monoisotopic (exact) mass is 334 g/mol. The summed E-state index contributed by atoms with van der Waals surface area (Å²) in [5.74, 6) is -0.266. The lowest BCUT2D eigenvalue weighted by Crippen LogP contribution is -2.32. The third-order valence-electron chi connectivity index (χ3n) is 3.73. The minimum absolute atomic E-state index is 0.0765. The molecule has 126 valence electrons. The standard InChI is InChI=1S/C19H18N4O2/c1-14-5-7-15(8-6-14)17-10-19(25)23(13-22-17)12-18(24)21-11-16-4-2-3-9-20-16/h2-10,13H,11-12H2,1H3,(H,21,24). The summed E-state index contributed by atoms with van der Waals surface area (Å²) in [5, 5.41) is 2.74. The molecule has 2 aromatic heterocycles. The third kappa shape index (κ3) is 4.38. The van der Waals surface area contributed by atoms with Gasteiger partial charge in [0.05, 0.1) is 24.3 Å². The maximum Gasteiger partial charge on any atom is 0.254 e. The van der Waals surface area contributed by atoms with Gasteiger partial charge in [-0.05, 0) is 19.1 Å². The normalized spacial score (nSPS) is 10.4. The van der Waals surface area contributed by atoms with E-state index in [-0.39, 0.29) is 18.0 Å². The van der Waals surface area contributed by atoms with Gasteiger partial charge in [-0.15, -0.1) is 0 Å². The molecule has 0 saturated heterocycles. The lowest BCUT2D eigenvalue weighted by Gasteiger charge is -2.08. The number of carbonyl (C=O) groups excluding carboxylic acids is 1. The SMILES string of the molecule is Cc1ccc(-c2cc(=O)n(CC(=O)NCc3ccccn3)cn2)cc1. The summed E-state index contributed by atoms with van der Waals surface area (Å²) >= 11 is 0. The maximum absolute atomic E-state index is 12.2. The lowest BCUT2D eigenvalue weighted by atomic mass is 10.1. The minimum Gasteiger partial charge on any atom is -0.349 e. The number of amides is 1. The van der Waals surface area contributed by atoms with Gasteiger partial charge >= 0.3 is 0 Å². The summed E-state index contributed by atoms with van der Waals surface area (Å²) in [6.45, 7) is 2.24. The second-order valence-electron chi connectivity index (χ2n) is 5.70. The fourth-order valence-corrected chi connectivity index (χ4v) is 2.33. The van der Waals surface area contributed by atoms with Crippen LogP contribution in [0, 0.1) is 6.92 Å². The van der Waals surface area contributed by atoms with Crippen LogP contribution in [0.2, 0.25) is 0 Å². The van der Waals surface area contributed by atoms with Gasteiger partial charge in [0.2, 0.25) is 5.91 Å². The average Bonchev–Trinajstić information content (AvgIpc) is 2.63. The van der Waals surface area contributed by atoms with E-state index in [0.29, 0.717) is 12.2 Å². The fourth-order valence-electron chi connectivity index (χ4n) is 2.33. The molecule has 6 heteroatoms. The number of nitrogens with zero attached hydrogens (tertiary/aromatic N) is 3. The fraction of sp³-hybridized carbons (Fsp3) is 0.158. The van der Waals surface area contributed by atoms with E-state index in [1.807, 2.05) is 49.4 Å². The highest BCUT2D eigenvalue weighted by Gasteiger charge is 2.07.